The first-order valence-corrected chi connectivity index (χ1v) is 9.23. The standard InChI is InChI=1S/C14H12F3NO2.C8H8F3N/c1-8-7-10(13(19)20)9(2)18(8)12-6-4-3-5-11(12)14(15,16)17;9-8(10,11)7-4-2-1-3-6(7)5-12/h3-7H,1-2H3,(H,19,20);1-4H,5,12H2. The van der Waals surface area contributed by atoms with Crippen molar-refractivity contribution in [1.82, 2.24) is 4.57 Å². The van der Waals surface area contributed by atoms with E-state index in [0.717, 1.165) is 12.1 Å². The third-order valence-electron chi connectivity index (χ3n) is 4.65. The van der Waals surface area contributed by atoms with Crippen LogP contribution in [0.2, 0.25) is 0 Å². The van der Waals surface area contributed by atoms with Crippen molar-refractivity contribution in [3.05, 3.63) is 88.2 Å². The zero-order valence-corrected chi connectivity index (χ0v) is 17.1. The smallest absolute Gasteiger partial charge is 0.418 e. The Morgan fingerprint density at radius 3 is 1.84 bits per heavy atom. The van der Waals surface area contributed by atoms with Crippen LogP contribution in [0.4, 0.5) is 26.3 Å². The van der Waals surface area contributed by atoms with Gasteiger partial charge in [0.15, 0.2) is 0 Å². The van der Waals surface area contributed by atoms with E-state index in [0.29, 0.717) is 5.69 Å². The number of para-hydroxylation sites is 1. The highest BCUT2D eigenvalue weighted by atomic mass is 19.4. The van der Waals surface area contributed by atoms with Crippen LogP contribution >= 0.6 is 0 Å². The summed E-state index contributed by atoms with van der Waals surface area (Å²) in [6.45, 7) is 2.98. The van der Waals surface area contributed by atoms with E-state index in [1.807, 2.05) is 0 Å². The van der Waals surface area contributed by atoms with E-state index in [1.165, 1.54) is 54.0 Å². The molecule has 32 heavy (non-hydrogen) atoms. The SMILES string of the molecule is Cc1cc(C(=O)O)c(C)n1-c1ccccc1C(F)(F)F.NCc1ccccc1C(F)(F)F. The topological polar surface area (TPSA) is 68.2 Å². The fourth-order valence-electron chi connectivity index (χ4n) is 3.23. The Kier molecular flexibility index (Phi) is 7.40. The number of benzene rings is 2. The van der Waals surface area contributed by atoms with Crippen molar-refractivity contribution in [2.45, 2.75) is 32.7 Å². The molecule has 0 amide bonds. The third-order valence-corrected chi connectivity index (χ3v) is 4.65. The van der Waals surface area contributed by atoms with Crippen molar-refractivity contribution >= 4 is 5.97 Å². The minimum atomic E-state index is -4.50. The second-order valence-electron chi connectivity index (χ2n) is 6.80. The number of aryl methyl sites for hydroxylation is 1. The summed E-state index contributed by atoms with van der Waals surface area (Å²) in [7, 11) is 0. The predicted molar refractivity (Wildman–Crippen MR) is 107 cm³/mol. The Bertz CT molecular complexity index is 1100. The minimum Gasteiger partial charge on any atom is -0.478 e. The van der Waals surface area contributed by atoms with Gasteiger partial charge in [0, 0.05) is 17.9 Å². The van der Waals surface area contributed by atoms with Gasteiger partial charge in [-0.25, -0.2) is 4.79 Å². The molecule has 0 fully saturated rings. The Balaban J connectivity index is 0.000000258. The summed E-state index contributed by atoms with van der Waals surface area (Å²) >= 11 is 0. The zero-order valence-electron chi connectivity index (χ0n) is 17.1. The molecule has 0 saturated carbocycles. The van der Waals surface area contributed by atoms with Crippen molar-refractivity contribution in [3.8, 4) is 5.69 Å². The summed E-state index contributed by atoms with van der Waals surface area (Å²) in [5, 5.41) is 9.04. The maximum atomic E-state index is 13.0. The molecule has 10 heteroatoms. The van der Waals surface area contributed by atoms with Crippen LogP contribution in [-0.4, -0.2) is 15.6 Å². The van der Waals surface area contributed by atoms with Gasteiger partial charge in [0.25, 0.3) is 0 Å². The van der Waals surface area contributed by atoms with Gasteiger partial charge >= 0.3 is 18.3 Å². The fourth-order valence-corrected chi connectivity index (χ4v) is 3.23. The van der Waals surface area contributed by atoms with Crippen LogP contribution in [0.15, 0.2) is 54.6 Å². The minimum absolute atomic E-state index is 0.000484. The molecule has 4 nitrogen and oxygen atoms in total. The molecule has 0 aliphatic rings. The zero-order chi connectivity index (χ0) is 24.3. The molecule has 0 spiro atoms. The van der Waals surface area contributed by atoms with Crippen LogP contribution < -0.4 is 5.73 Å². The van der Waals surface area contributed by atoms with Crippen LogP contribution in [-0.2, 0) is 18.9 Å². The lowest BCUT2D eigenvalue weighted by molar-refractivity contribution is -0.138. The number of carboxylic acid groups (broad SMARTS) is 1. The van der Waals surface area contributed by atoms with E-state index in [2.05, 4.69) is 0 Å². The van der Waals surface area contributed by atoms with Gasteiger partial charge in [-0.2, -0.15) is 26.3 Å². The number of carbonyl (C=O) groups is 1. The number of hydrogen-bond acceptors (Lipinski definition) is 2. The van der Waals surface area contributed by atoms with E-state index in [1.54, 1.807) is 6.92 Å². The molecule has 0 unspecified atom stereocenters. The molecule has 0 radical (unpaired) electrons. The summed E-state index contributed by atoms with van der Waals surface area (Å²) in [6.07, 6.45) is -8.79. The highest BCUT2D eigenvalue weighted by Gasteiger charge is 2.34. The molecule has 0 atom stereocenters. The second-order valence-corrected chi connectivity index (χ2v) is 6.80. The summed E-state index contributed by atoms with van der Waals surface area (Å²) in [5.74, 6) is -1.16. The number of rotatable bonds is 3. The first kappa shape index (κ1) is 25.0. The molecule has 3 aromatic rings. The fraction of sp³-hybridized carbons (Fsp3) is 0.227. The number of aromatic carboxylic acids is 1. The van der Waals surface area contributed by atoms with Gasteiger partial charge in [-0.3, -0.25) is 0 Å². The van der Waals surface area contributed by atoms with Gasteiger partial charge < -0.3 is 15.4 Å². The highest BCUT2D eigenvalue weighted by molar-refractivity contribution is 5.89. The van der Waals surface area contributed by atoms with Crippen LogP contribution in [0.1, 0.15) is 38.4 Å². The molecule has 172 valence electrons. The van der Waals surface area contributed by atoms with Crippen molar-refractivity contribution in [2.75, 3.05) is 0 Å². The number of halogens is 6. The molecule has 0 saturated heterocycles. The monoisotopic (exact) mass is 458 g/mol. The van der Waals surface area contributed by atoms with Gasteiger partial charge in [0.2, 0.25) is 0 Å². The Morgan fingerprint density at radius 2 is 1.41 bits per heavy atom. The van der Waals surface area contributed by atoms with Crippen molar-refractivity contribution in [2.24, 2.45) is 5.73 Å². The predicted octanol–water partition coefficient (Wildman–Crippen LogP) is 5.98. The summed E-state index contributed by atoms with van der Waals surface area (Å²) in [5.41, 5.74) is 4.48. The van der Waals surface area contributed by atoms with Crippen molar-refractivity contribution in [3.63, 3.8) is 0 Å². The number of hydrogen-bond donors (Lipinski definition) is 2. The number of alkyl halides is 6. The number of aromatic nitrogens is 1. The van der Waals surface area contributed by atoms with Gasteiger partial charge in [-0.1, -0.05) is 30.3 Å². The van der Waals surface area contributed by atoms with E-state index < -0.39 is 29.4 Å². The van der Waals surface area contributed by atoms with Crippen LogP contribution in [0.25, 0.3) is 5.69 Å². The summed E-state index contributed by atoms with van der Waals surface area (Å²) in [6, 6.07) is 11.8. The van der Waals surface area contributed by atoms with Crippen LogP contribution in [0.5, 0.6) is 0 Å². The van der Waals surface area contributed by atoms with Crippen molar-refractivity contribution < 1.29 is 36.2 Å². The lowest BCUT2D eigenvalue weighted by atomic mass is 10.1. The van der Waals surface area contributed by atoms with E-state index in [-0.39, 0.29) is 29.1 Å². The van der Waals surface area contributed by atoms with Gasteiger partial charge in [-0.05, 0) is 43.7 Å². The van der Waals surface area contributed by atoms with Crippen LogP contribution in [0, 0.1) is 13.8 Å². The summed E-state index contributed by atoms with van der Waals surface area (Å²) < 4.78 is 77.0. The third kappa shape index (κ3) is 5.50. The Hall–Kier alpha value is -3.27. The largest absolute Gasteiger partial charge is 0.478 e. The highest BCUT2D eigenvalue weighted by Crippen LogP contribution is 2.35. The molecule has 3 rings (SSSR count). The van der Waals surface area contributed by atoms with E-state index in [4.69, 9.17) is 10.8 Å². The number of carboxylic acids is 1. The number of nitrogens with two attached hydrogens (primary N) is 1. The Morgan fingerprint density at radius 1 is 0.906 bits per heavy atom. The molecule has 1 heterocycles. The molecular weight excluding hydrogens is 438 g/mol. The van der Waals surface area contributed by atoms with Crippen LogP contribution in [0.3, 0.4) is 0 Å². The maximum absolute atomic E-state index is 13.0. The molecule has 0 aliphatic heterocycles. The first-order chi connectivity index (χ1) is 14.8. The normalized spacial score (nSPS) is 11.7. The van der Waals surface area contributed by atoms with Gasteiger partial charge in [0.1, 0.15) is 0 Å². The lowest BCUT2D eigenvalue weighted by Crippen LogP contribution is -2.12. The molecule has 0 aliphatic carbocycles. The second kappa shape index (κ2) is 9.47. The molecular formula is C22H20F6N2O2. The molecule has 0 bridgehead atoms. The quantitative estimate of drug-likeness (QED) is 0.475. The maximum Gasteiger partial charge on any atom is 0.418 e. The van der Waals surface area contributed by atoms with Gasteiger partial charge in [-0.15, -0.1) is 0 Å². The van der Waals surface area contributed by atoms with Gasteiger partial charge in [0.05, 0.1) is 22.4 Å². The average Bonchev–Trinajstić information content (AvgIpc) is 3.01. The molecule has 3 N–H and O–H groups in total. The Labute approximate surface area is 179 Å². The number of nitrogens with zero attached hydrogens (tertiary/aromatic N) is 1. The summed E-state index contributed by atoms with van der Waals surface area (Å²) in [4.78, 5) is 11.1. The molecule has 2 aromatic carbocycles. The average molecular weight is 458 g/mol. The van der Waals surface area contributed by atoms with E-state index >= 15 is 0 Å². The van der Waals surface area contributed by atoms with Crippen molar-refractivity contribution in [1.29, 1.82) is 0 Å². The van der Waals surface area contributed by atoms with E-state index in [9.17, 15) is 31.1 Å². The lowest BCUT2D eigenvalue weighted by Gasteiger charge is -2.16. The first-order valence-electron chi connectivity index (χ1n) is 9.23. The molecule has 1 aromatic heterocycles.